The van der Waals surface area contributed by atoms with Crippen LogP contribution in [0.15, 0.2) is 54.6 Å². The van der Waals surface area contributed by atoms with Gasteiger partial charge in [0.25, 0.3) is 0 Å². The second kappa shape index (κ2) is 3.80. The second-order valence-electron chi connectivity index (χ2n) is 3.84. The lowest BCUT2D eigenvalue weighted by molar-refractivity contribution is 1.52. The highest BCUT2D eigenvalue weighted by Gasteiger charge is 2.15. The molecule has 0 heterocycles. The SMILES string of the molecule is Clc1ccc2c(c1)[CH]C=C2c1ccccc1. The first-order chi connectivity index (χ1) is 7.84. The van der Waals surface area contributed by atoms with E-state index in [1.165, 1.54) is 22.3 Å². The molecule has 2 aromatic rings. The minimum Gasteiger partial charge on any atom is -0.0843 e. The highest BCUT2D eigenvalue weighted by molar-refractivity contribution is 6.30. The van der Waals surface area contributed by atoms with Crippen molar-refractivity contribution in [3.8, 4) is 0 Å². The first-order valence-electron chi connectivity index (χ1n) is 5.25. The third kappa shape index (κ3) is 1.56. The molecule has 1 heteroatoms. The molecule has 0 aliphatic heterocycles. The molecular weight excluding hydrogens is 216 g/mol. The molecule has 77 valence electrons. The van der Waals surface area contributed by atoms with Crippen LogP contribution >= 0.6 is 11.6 Å². The fourth-order valence-corrected chi connectivity index (χ4v) is 2.23. The molecule has 0 atom stereocenters. The number of hydrogen-bond acceptors (Lipinski definition) is 0. The van der Waals surface area contributed by atoms with Gasteiger partial charge in [-0.2, -0.15) is 0 Å². The van der Waals surface area contributed by atoms with Crippen molar-refractivity contribution in [1.29, 1.82) is 0 Å². The van der Waals surface area contributed by atoms with Gasteiger partial charge in [0.2, 0.25) is 0 Å². The molecule has 0 fully saturated rings. The van der Waals surface area contributed by atoms with E-state index in [0.717, 1.165) is 5.02 Å². The zero-order valence-corrected chi connectivity index (χ0v) is 9.41. The monoisotopic (exact) mass is 225 g/mol. The van der Waals surface area contributed by atoms with Gasteiger partial charge in [0, 0.05) is 11.4 Å². The van der Waals surface area contributed by atoms with E-state index in [9.17, 15) is 0 Å². The second-order valence-corrected chi connectivity index (χ2v) is 4.28. The molecule has 0 nitrogen and oxygen atoms in total. The number of fused-ring (bicyclic) bond motifs is 1. The first kappa shape index (κ1) is 9.68. The third-order valence-electron chi connectivity index (χ3n) is 2.82. The van der Waals surface area contributed by atoms with Gasteiger partial charge in [0.1, 0.15) is 0 Å². The minimum atomic E-state index is 0.790. The van der Waals surface area contributed by atoms with Gasteiger partial charge in [-0.25, -0.2) is 0 Å². The van der Waals surface area contributed by atoms with Gasteiger partial charge in [-0.05, 0) is 34.4 Å². The normalized spacial score (nSPS) is 13.4. The van der Waals surface area contributed by atoms with Crippen molar-refractivity contribution in [1.82, 2.24) is 0 Å². The Hall–Kier alpha value is -1.53. The van der Waals surface area contributed by atoms with Crippen molar-refractivity contribution in [2.24, 2.45) is 0 Å². The van der Waals surface area contributed by atoms with Gasteiger partial charge in [-0.3, -0.25) is 0 Å². The molecule has 1 aliphatic rings. The summed E-state index contributed by atoms with van der Waals surface area (Å²) in [6.07, 6.45) is 4.26. The maximum absolute atomic E-state index is 5.97. The quantitative estimate of drug-likeness (QED) is 0.678. The zero-order valence-electron chi connectivity index (χ0n) is 8.65. The number of benzene rings is 2. The van der Waals surface area contributed by atoms with E-state index in [1.54, 1.807) is 0 Å². The summed E-state index contributed by atoms with van der Waals surface area (Å²) >= 11 is 5.97. The van der Waals surface area contributed by atoms with Crippen LogP contribution in [0.4, 0.5) is 0 Å². The topological polar surface area (TPSA) is 0 Å². The molecular formula is C15H10Cl. The maximum Gasteiger partial charge on any atom is 0.0409 e. The lowest BCUT2D eigenvalue weighted by Crippen LogP contribution is -1.86. The van der Waals surface area contributed by atoms with Crippen molar-refractivity contribution in [3.05, 3.63) is 82.7 Å². The fraction of sp³-hybridized carbons (Fsp3) is 0. The van der Waals surface area contributed by atoms with Crippen LogP contribution in [0.25, 0.3) is 5.57 Å². The lowest BCUT2D eigenvalue weighted by atomic mass is 9.99. The van der Waals surface area contributed by atoms with E-state index in [0.29, 0.717) is 0 Å². The summed E-state index contributed by atoms with van der Waals surface area (Å²) in [5, 5.41) is 0.790. The molecule has 16 heavy (non-hydrogen) atoms. The Morgan fingerprint density at radius 2 is 1.69 bits per heavy atom. The molecule has 3 rings (SSSR count). The minimum absolute atomic E-state index is 0.790. The molecule has 0 aromatic heterocycles. The largest absolute Gasteiger partial charge is 0.0843 e. The van der Waals surface area contributed by atoms with Crippen molar-refractivity contribution in [3.63, 3.8) is 0 Å². The van der Waals surface area contributed by atoms with E-state index < -0.39 is 0 Å². The summed E-state index contributed by atoms with van der Waals surface area (Å²) < 4.78 is 0. The fourth-order valence-electron chi connectivity index (χ4n) is 2.05. The first-order valence-corrected chi connectivity index (χ1v) is 5.63. The average Bonchev–Trinajstić information content (AvgIpc) is 2.73. The highest BCUT2D eigenvalue weighted by atomic mass is 35.5. The number of halogens is 1. The van der Waals surface area contributed by atoms with Crippen molar-refractivity contribution < 1.29 is 0 Å². The van der Waals surface area contributed by atoms with E-state index in [4.69, 9.17) is 11.6 Å². The van der Waals surface area contributed by atoms with Crippen LogP contribution in [0, 0.1) is 6.42 Å². The Balaban J connectivity index is 2.09. The molecule has 0 saturated heterocycles. The van der Waals surface area contributed by atoms with Gasteiger partial charge in [-0.1, -0.05) is 54.1 Å². The number of hydrogen-bond donors (Lipinski definition) is 0. The van der Waals surface area contributed by atoms with Crippen LogP contribution in [0.1, 0.15) is 16.7 Å². The smallest absolute Gasteiger partial charge is 0.0409 e. The summed E-state index contributed by atoms with van der Waals surface area (Å²) in [5.41, 5.74) is 4.98. The molecule has 1 radical (unpaired) electrons. The van der Waals surface area contributed by atoms with E-state index >= 15 is 0 Å². The van der Waals surface area contributed by atoms with Crippen molar-refractivity contribution >= 4 is 17.2 Å². The average molecular weight is 226 g/mol. The van der Waals surface area contributed by atoms with Crippen molar-refractivity contribution in [2.45, 2.75) is 0 Å². The molecule has 0 saturated carbocycles. The Kier molecular flexibility index (Phi) is 2.30. The molecule has 1 aliphatic carbocycles. The van der Waals surface area contributed by atoms with Crippen LogP contribution in [0.5, 0.6) is 0 Å². The van der Waals surface area contributed by atoms with E-state index in [2.05, 4.69) is 42.8 Å². The van der Waals surface area contributed by atoms with Crippen LogP contribution in [-0.2, 0) is 0 Å². The molecule has 0 bridgehead atoms. The van der Waals surface area contributed by atoms with Crippen LogP contribution in [0.2, 0.25) is 5.02 Å². The molecule has 2 aromatic carbocycles. The Bertz CT molecular complexity index is 553. The summed E-state index contributed by atoms with van der Waals surface area (Å²) in [5.74, 6) is 0. The molecule has 0 amide bonds. The van der Waals surface area contributed by atoms with Crippen LogP contribution < -0.4 is 0 Å². The van der Waals surface area contributed by atoms with Crippen molar-refractivity contribution in [2.75, 3.05) is 0 Å². The van der Waals surface area contributed by atoms with Gasteiger partial charge < -0.3 is 0 Å². The lowest BCUT2D eigenvalue weighted by Gasteiger charge is -2.06. The van der Waals surface area contributed by atoms with E-state index in [-0.39, 0.29) is 0 Å². The molecule has 0 spiro atoms. The van der Waals surface area contributed by atoms with Gasteiger partial charge >= 0.3 is 0 Å². The molecule has 0 unspecified atom stereocenters. The summed E-state index contributed by atoms with van der Waals surface area (Å²) in [6, 6.07) is 16.4. The maximum atomic E-state index is 5.97. The predicted octanol–water partition coefficient (Wildman–Crippen LogP) is 4.34. The van der Waals surface area contributed by atoms with Gasteiger partial charge in [0.05, 0.1) is 0 Å². The summed E-state index contributed by atoms with van der Waals surface area (Å²) in [6.45, 7) is 0. The predicted molar refractivity (Wildman–Crippen MR) is 68.4 cm³/mol. The van der Waals surface area contributed by atoms with E-state index in [1.807, 2.05) is 18.2 Å². The van der Waals surface area contributed by atoms with Gasteiger partial charge in [0.15, 0.2) is 0 Å². The Morgan fingerprint density at radius 1 is 0.875 bits per heavy atom. The Morgan fingerprint density at radius 3 is 2.50 bits per heavy atom. The molecule has 0 N–H and O–H groups in total. The summed E-state index contributed by atoms with van der Waals surface area (Å²) in [4.78, 5) is 0. The number of rotatable bonds is 1. The highest BCUT2D eigenvalue weighted by Crippen LogP contribution is 2.34. The Labute approximate surface area is 100 Å². The van der Waals surface area contributed by atoms with Gasteiger partial charge in [-0.15, -0.1) is 0 Å². The van der Waals surface area contributed by atoms with Crippen LogP contribution in [-0.4, -0.2) is 0 Å². The number of allylic oxidation sites excluding steroid dienone is 1. The third-order valence-corrected chi connectivity index (χ3v) is 3.05. The summed E-state index contributed by atoms with van der Waals surface area (Å²) in [7, 11) is 0. The standard InChI is InChI=1S/C15H10Cl/c16-13-7-9-15-12(10-13)6-8-14(15)11-4-2-1-3-5-11/h1-10H. The van der Waals surface area contributed by atoms with Crippen LogP contribution in [0.3, 0.4) is 0 Å². The zero-order chi connectivity index (χ0) is 11.0.